The quantitative estimate of drug-likeness (QED) is 0.804. The number of nitrogens with one attached hydrogen (secondary N) is 2. The van der Waals surface area contributed by atoms with E-state index in [0.717, 1.165) is 19.3 Å². The molecule has 5 heteroatoms. The van der Waals surface area contributed by atoms with Crippen molar-refractivity contribution in [2.24, 2.45) is 0 Å². The maximum absolute atomic E-state index is 12.5. The average Bonchev–Trinajstić information content (AvgIpc) is 2.58. The minimum Gasteiger partial charge on any atom is -0.323 e. The molecule has 2 atom stereocenters. The van der Waals surface area contributed by atoms with Gasteiger partial charge in [0.1, 0.15) is 0 Å². The summed E-state index contributed by atoms with van der Waals surface area (Å²) in [6.45, 7) is 1.87. The first-order valence-corrected chi connectivity index (χ1v) is 8.90. The van der Waals surface area contributed by atoms with Crippen molar-refractivity contribution < 1.29 is 4.79 Å². The van der Waals surface area contributed by atoms with Gasteiger partial charge in [-0.1, -0.05) is 47.5 Å². The van der Waals surface area contributed by atoms with Crippen LogP contribution in [-0.2, 0) is 11.2 Å². The molecule has 0 heterocycles. The zero-order valence-corrected chi connectivity index (χ0v) is 15.0. The minimum absolute atomic E-state index is 0.123. The average molecular weight is 363 g/mol. The van der Waals surface area contributed by atoms with Crippen LogP contribution in [0.2, 0.25) is 10.0 Å². The Morgan fingerprint density at radius 2 is 2.00 bits per heavy atom. The van der Waals surface area contributed by atoms with Crippen molar-refractivity contribution in [3.63, 3.8) is 0 Å². The number of carbonyl (C=O) groups excluding carboxylic acids is 1. The van der Waals surface area contributed by atoms with Crippen LogP contribution in [0.25, 0.3) is 0 Å². The summed E-state index contributed by atoms with van der Waals surface area (Å²) in [7, 11) is 0. The first-order chi connectivity index (χ1) is 11.5. The van der Waals surface area contributed by atoms with E-state index >= 15 is 0 Å². The summed E-state index contributed by atoms with van der Waals surface area (Å²) in [5.41, 5.74) is 3.20. The van der Waals surface area contributed by atoms with Gasteiger partial charge in [-0.05, 0) is 55.5 Å². The second-order valence-corrected chi connectivity index (χ2v) is 6.99. The van der Waals surface area contributed by atoms with Gasteiger partial charge in [0.15, 0.2) is 0 Å². The van der Waals surface area contributed by atoms with E-state index in [9.17, 15) is 4.79 Å². The van der Waals surface area contributed by atoms with Gasteiger partial charge in [-0.2, -0.15) is 0 Å². The van der Waals surface area contributed by atoms with E-state index in [2.05, 4.69) is 34.9 Å². The Morgan fingerprint density at radius 3 is 2.83 bits per heavy atom. The molecule has 0 aliphatic heterocycles. The van der Waals surface area contributed by atoms with Crippen molar-refractivity contribution in [2.45, 2.75) is 38.3 Å². The summed E-state index contributed by atoms with van der Waals surface area (Å²) in [4.78, 5) is 12.5. The Hall–Kier alpha value is -1.55. The summed E-state index contributed by atoms with van der Waals surface area (Å²) in [5, 5.41) is 7.30. The largest absolute Gasteiger partial charge is 0.323 e. The van der Waals surface area contributed by atoms with Crippen LogP contribution in [0.4, 0.5) is 5.69 Å². The van der Waals surface area contributed by atoms with E-state index in [1.807, 2.05) is 6.92 Å². The van der Waals surface area contributed by atoms with Crippen LogP contribution in [-0.4, -0.2) is 11.9 Å². The van der Waals surface area contributed by atoms with Crippen LogP contribution in [0.15, 0.2) is 42.5 Å². The number of aryl methyl sites for hydroxylation is 1. The molecule has 3 rings (SSSR count). The fourth-order valence-electron chi connectivity index (χ4n) is 3.14. The molecule has 2 aromatic carbocycles. The number of amides is 1. The highest BCUT2D eigenvalue weighted by Crippen LogP contribution is 2.30. The Balaban J connectivity index is 1.68. The highest BCUT2D eigenvalue weighted by molar-refractivity contribution is 6.35. The molecule has 0 saturated carbocycles. The first-order valence-electron chi connectivity index (χ1n) is 8.14. The lowest BCUT2D eigenvalue weighted by Gasteiger charge is -2.29. The maximum atomic E-state index is 12.5. The van der Waals surface area contributed by atoms with Crippen molar-refractivity contribution in [3.05, 3.63) is 63.6 Å². The molecule has 2 aromatic rings. The van der Waals surface area contributed by atoms with E-state index in [0.29, 0.717) is 15.7 Å². The molecule has 0 saturated heterocycles. The number of hydrogen-bond donors (Lipinski definition) is 2. The van der Waals surface area contributed by atoms with Crippen LogP contribution in [0, 0.1) is 0 Å². The van der Waals surface area contributed by atoms with Gasteiger partial charge in [0, 0.05) is 11.1 Å². The first kappa shape index (κ1) is 17.3. The summed E-state index contributed by atoms with van der Waals surface area (Å²) >= 11 is 12.1. The van der Waals surface area contributed by atoms with E-state index in [4.69, 9.17) is 23.2 Å². The number of halogens is 2. The van der Waals surface area contributed by atoms with E-state index in [1.54, 1.807) is 18.2 Å². The van der Waals surface area contributed by atoms with Crippen molar-refractivity contribution in [2.75, 3.05) is 5.32 Å². The molecule has 1 aliphatic rings. The molecule has 1 amide bonds. The van der Waals surface area contributed by atoms with Gasteiger partial charge in [0.05, 0.1) is 16.8 Å². The Labute approximate surface area is 152 Å². The normalized spacial score (nSPS) is 17.9. The van der Waals surface area contributed by atoms with Crippen molar-refractivity contribution >= 4 is 34.8 Å². The predicted octanol–water partition coefficient (Wildman–Crippen LogP) is 4.99. The Kier molecular flexibility index (Phi) is 5.44. The number of benzene rings is 2. The molecule has 0 bridgehead atoms. The molecule has 3 nitrogen and oxygen atoms in total. The van der Waals surface area contributed by atoms with Gasteiger partial charge in [-0.25, -0.2) is 0 Å². The molecular formula is C19H20Cl2N2O. The minimum atomic E-state index is -0.337. The van der Waals surface area contributed by atoms with E-state index in [1.165, 1.54) is 11.1 Å². The SMILES string of the molecule is C[C@@H](N[C@H]1CCCc2ccccc21)C(=O)Nc1cc(Cl)ccc1Cl. The predicted molar refractivity (Wildman–Crippen MR) is 99.8 cm³/mol. The molecule has 1 aliphatic carbocycles. The fraction of sp³-hybridized carbons (Fsp3) is 0.316. The second kappa shape index (κ2) is 7.56. The van der Waals surface area contributed by atoms with Crippen LogP contribution in [0.3, 0.4) is 0 Å². The number of hydrogen-bond acceptors (Lipinski definition) is 2. The third kappa shape index (κ3) is 3.92. The highest BCUT2D eigenvalue weighted by Gasteiger charge is 2.24. The molecule has 0 spiro atoms. The lowest BCUT2D eigenvalue weighted by molar-refractivity contribution is -0.118. The van der Waals surface area contributed by atoms with E-state index < -0.39 is 0 Å². The second-order valence-electron chi connectivity index (χ2n) is 6.15. The van der Waals surface area contributed by atoms with Gasteiger partial charge in [0.2, 0.25) is 5.91 Å². The van der Waals surface area contributed by atoms with Gasteiger partial charge in [0.25, 0.3) is 0 Å². The van der Waals surface area contributed by atoms with Crippen LogP contribution >= 0.6 is 23.2 Å². The van der Waals surface area contributed by atoms with Crippen LogP contribution in [0.5, 0.6) is 0 Å². The molecule has 0 radical (unpaired) electrons. The zero-order chi connectivity index (χ0) is 17.1. The number of carbonyl (C=O) groups is 1. The molecule has 24 heavy (non-hydrogen) atoms. The molecule has 0 unspecified atom stereocenters. The maximum Gasteiger partial charge on any atom is 0.241 e. The summed E-state index contributed by atoms with van der Waals surface area (Å²) in [5.74, 6) is -0.123. The lowest BCUT2D eigenvalue weighted by atomic mass is 9.87. The highest BCUT2D eigenvalue weighted by atomic mass is 35.5. The third-order valence-corrected chi connectivity index (χ3v) is 4.96. The van der Waals surface area contributed by atoms with E-state index in [-0.39, 0.29) is 18.0 Å². The topological polar surface area (TPSA) is 41.1 Å². The number of rotatable bonds is 4. The monoisotopic (exact) mass is 362 g/mol. The lowest BCUT2D eigenvalue weighted by Crippen LogP contribution is -2.41. The molecule has 0 fully saturated rings. The summed E-state index contributed by atoms with van der Waals surface area (Å²) < 4.78 is 0. The van der Waals surface area contributed by atoms with Gasteiger partial charge < -0.3 is 5.32 Å². The van der Waals surface area contributed by atoms with Gasteiger partial charge in [-0.15, -0.1) is 0 Å². The smallest absolute Gasteiger partial charge is 0.241 e. The summed E-state index contributed by atoms with van der Waals surface area (Å²) in [6, 6.07) is 13.3. The van der Waals surface area contributed by atoms with Crippen molar-refractivity contribution in [1.29, 1.82) is 0 Å². The molecule has 2 N–H and O–H groups in total. The standard InChI is InChI=1S/C19H20Cl2N2O/c1-12(19(24)23-18-11-14(20)9-10-16(18)21)22-17-8-4-6-13-5-2-3-7-15(13)17/h2-3,5,7,9-12,17,22H,4,6,8H2,1H3,(H,23,24)/t12-,17+/m1/s1. The molecule has 0 aromatic heterocycles. The fourth-order valence-corrected chi connectivity index (χ4v) is 3.48. The number of anilines is 1. The molecular weight excluding hydrogens is 343 g/mol. The van der Waals surface area contributed by atoms with Crippen molar-refractivity contribution in [1.82, 2.24) is 5.32 Å². The van der Waals surface area contributed by atoms with Gasteiger partial charge >= 0.3 is 0 Å². The number of fused-ring (bicyclic) bond motifs is 1. The Morgan fingerprint density at radius 1 is 1.21 bits per heavy atom. The zero-order valence-electron chi connectivity index (χ0n) is 13.5. The third-order valence-electron chi connectivity index (χ3n) is 4.40. The van der Waals surface area contributed by atoms with Crippen LogP contribution in [0.1, 0.15) is 36.9 Å². The van der Waals surface area contributed by atoms with Gasteiger partial charge in [-0.3, -0.25) is 10.1 Å². The summed E-state index contributed by atoms with van der Waals surface area (Å²) in [6.07, 6.45) is 3.27. The Bertz CT molecular complexity index is 748. The van der Waals surface area contributed by atoms with Crippen LogP contribution < -0.4 is 10.6 Å². The van der Waals surface area contributed by atoms with Crippen molar-refractivity contribution in [3.8, 4) is 0 Å². The molecule has 126 valence electrons.